The van der Waals surface area contributed by atoms with Crippen molar-refractivity contribution in [3.05, 3.63) is 87.9 Å². The highest BCUT2D eigenvalue weighted by Gasteiger charge is 2.20. The number of para-hydroxylation sites is 2. The predicted molar refractivity (Wildman–Crippen MR) is 101 cm³/mol. The van der Waals surface area contributed by atoms with Crippen molar-refractivity contribution < 1.29 is 8.78 Å². The fraction of sp³-hybridized carbons (Fsp3) is 0.0500. The average Bonchev–Trinajstić information content (AvgIpc) is 2.96. The summed E-state index contributed by atoms with van der Waals surface area (Å²) in [6, 6.07) is 16.3. The number of halogens is 4. The van der Waals surface area contributed by atoms with Gasteiger partial charge in [0, 0.05) is 10.6 Å². The molecule has 26 heavy (non-hydrogen) atoms. The van der Waals surface area contributed by atoms with Gasteiger partial charge in [-0.3, -0.25) is 0 Å². The molecule has 0 aliphatic heterocycles. The van der Waals surface area contributed by atoms with Crippen LogP contribution in [-0.4, -0.2) is 9.55 Å². The van der Waals surface area contributed by atoms with Gasteiger partial charge in [0.25, 0.3) is 0 Å². The number of benzene rings is 3. The third-order valence-corrected chi connectivity index (χ3v) is 4.89. The van der Waals surface area contributed by atoms with E-state index in [-0.39, 0.29) is 17.1 Å². The Balaban J connectivity index is 1.99. The summed E-state index contributed by atoms with van der Waals surface area (Å²) in [4.78, 5) is 4.53. The number of rotatable bonds is 3. The van der Waals surface area contributed by atoms with E-state index in [1.54, 1.807) is 22.8 Å². The summed E-state index contributed by atoms with van der Waals surface area (Å²) < 4.78 is 30.5. The Morgan fingerprint density at radius 2 is 1.50 bits per heavy atom. The summed E-state index contributed by atoms with van der Waals surface area (Å²) in [6.45, 7) is 0.103. The summed E-state index contributed by atoms with van der Waals surface area (Å²) >= 11 is 12.4. The lowest BCUT2D eigenvalue weighted by molar-refractivity contribution is 0.601. The molecule has 0 fully saturated rings. The summed E-state index contributed by atoms with van der Waals surface area (Å²) in [6.07, 6.45) is 0. The zero-order valence-corrected chi connectivity index (χ0v) is 14.9. The van der Waals surface area contributed by atoms with Gasteiger partial charge >= 0.3 is 0 Å². The number of aromatic nitrogens is 2. The molecule has 3 aromatic carbocycles. The third kappa shape index (κ3) is 2.85. The van der Waals surface area contributed by atoms with Crippen LogP contribution in [0.5, 0.6) is 0 Å². The van der Waals surface area contributed by atoms with Gasteiger partial charge in [0.2, 0.25) is 0 Å². The Kier molecular flexibility index (Phi) is 4.39. The first-order valence-corrected chi connectivity index (χ1v) is 8.64. The van der Waals surface area contributed by atoms with Crippen molar-refractivity contribution >= 4 is 34.2 Å². The molecule has 0 spiro atoms. The van der Waals surface area contributed by atoms with Crippen LogP contribution in [0, 0.1) is 11.6 Å². The average molecular weight is 389 g/mol. The zero-order chi connectivity index (χ0) is 18.3. The second kappa shape index (κ2) is 6.71. The molecule has 1 aromatic heterocycles. The largest absolute Gasteiger partial charge is 0.319 e. The first-order valence-electron chi connectivity index (χ1n) is 7.89. The minimum absolute atomic E-state index is 0.103. The van der Waals surface area contributed by atoms with Gasteiger partial charge in [-0.15, -0.1) is 0 Å². The van der Waals surface area contributed by atoms with E-state index in [2.05, 4.69) is 4.98 Å². The summed E-state index contributed by atoms with van der Waals surface area (Å²) in [5.41, 5.74) is 1.89. The quantitative estimate of drug-likeness (QED) is 0.400. The topological polar surface area (TPSA) is 17.8 Å². The van der Waals surface area contributed by atoms with E-state index in [1.165, 1.54) is 18.2 Å². The molecule has 0 aliphatic carbocycles. The van der Waals surface area contributed by atoms with E-state index in [0.717, 1.165) is 5.52 Å². The molecule has 0 bridgehead atoms. The Labute approximate surface area is 158 Å². The summed E-state index contributed by atoms with van der Waals surface area (Å²) in [7, 11) is 0. The molecule has 0 saturated heterocycles. The van der Waals surface area contributed by atoms with E-state index < -0.39 is 11.6 Å². The first kappa shape index (κ1) is 17.0. The molecule has 0 unspecified atom stereocenters. The van der Waals surface area contributed by atoms with Crippen molar-refractivity contribution in [1.82, 2.24) is 9.55 Å². The van der Waals surface area contributed by atoms with Crippen LogP contribution >= 0.6 is 23.2 Å². The van der Waals surface area contributed by atoms with Crippen LogP contribution in [-0.2, 0) is 6.54 Å². The fourth-order valence-electron chi connectivity index (χ4n) is 2.98. The van der Waals surface area contributed by atoms with Gasteiger partial charge in [0.15, 0.2) is 0 Å². The molecule has 0 aliphatic rings. The van der Waals surface area contributed by atoms with Crippen molar-refractivity contribution in [3.63, 3.8) is 0 Å². The van der Waals surface area contributed by atoms with Crippen molar-refractivity contribution in [3.8, 4) is 11.4 Å². The normalized spacial score (nSPS) is 11.2. The standard InChI is InChI=1S/C20H12Cl2F2N2/c21-13-5-3-7-15(23)12(13)11-26-18-10-2-1-9-17(18)25-20(26)19-14(22)6-4-8-16(19)24/h1-10H,11H2. The molecule has 0 radical (unpaired) electrons. The van der Waals surface area contributed by atoms with Crippen molar-refractivity contribution in [1.29, 1.82) is 0 Å². The van der Waals surface area contributed by atoms with Crippen LogP contribution in [0.3, 0.4) is 0 Å². The second-order valence-corrected chi connectivity index (χ2v) is 6.62. The van der Waals surface area contributed by atoms with E-state index in [9.17, 15) is 8.78 Å². The SMILES string of the molecule is Fc1cccc(Cl)c1Cn1c(-c2c(F)cccc2Cl)nc2ccccc21. The minimum Gasteiger partial charge on any atom is -0.319 e. The highest BCUT2D eigenvalue weighted by atomic mass is 35.5. The van der Waals surface area contributed by atoms with Crippen molar-refractivity contribution in [2.45, 2.75) is 6.54 Å². The maximum absolute atomic E-state index is 14.5. The van der Waals surface area contributed by atoms with Gasteiger partial charge in [-0.05, 0) is 36.4 Å². The molecule has 0 atom stereocenters. The number of fused-ring (bicyclic) bond motifs is 1. The molecular formula is C20H12Cl2F2N2. The minimum atomic E-state index is -0.492. The highest BCUT2D eigenvalue weighted by Crippen LogP contribution is 2.34. The van der Waals surface area contributed by atoms with E-state index in [0.29, 0.717) is 21.9 Å². The number of nitrogens with zero attached hydrogens (tertiary/aromatic N) is 2. The number of imidazole rings is 1. The van der Waals surface area contributed by atoms with Gasteiger partial charge < -0.3 is 4.57 Å². The molecule has 0 saturated carbocycles. The summed E-state index contributed by atoms with van der Waals surface area (Å²) in [5.74, 6) is -0.594. The lowest BCUT2D eigenvalue weighted by atomic mass is 10.1. The fourth-order valence-corrected chi connectivity index (χ4v) is 3.45. The smallest absolute Gasteiger partial charge is 0.145 e. The molecular weight excluding hydrogens is 377 g/mol. The molecule has 0 amide bonds. The molecule has 130 valence electrons. The van der Waals surface area contributed by atoms with Crippen LogP contribution in [0.15, 0.2) is 60.7 Å². The Bertz CT molecular complexity index is 1080. The van der Waals surface area contributed by atoms with Crippen molar-refractivity contribution in [2.75, 3.05) is 0 Å². The molecule has 2 nitrogen and oxygen atoms in total. The van der Waals surface area contributed by atoms with Crippen LogP contribution in [0.4, 0.5) is 8.78 Å². The van der Waals surface area contributed by atoms with Gasteiger partial charge in [-0.2, -0.15) is 0 Å². The molecule has 4 aromatic rings. The second-order valence-electron chi connectivity index (χ2n) is 5.81. The molecule has 6 heteroatoms. The maximum Gasteiger partial charge on any atom is 0.145 e. The Hall–Kier alpha value is -2.43. The monoisotopic (exact) mass is 388 g/mol. The van der Waals surface area contributed by atoms with Crippen LogP contribution in [0.2, 0.25) is 10.0 Å². The Morgan fingerprint density at radius 3 is 2.23 bits per heavy atom. The maximum atomic E-state index is 14.5. The molecule has 4 rings (SSSR count). The summed E-state index contributed by atoms with van der Waals surface area (Å²) in [5, 5.41) is 0.537. The Morgan fingerprint density at radius 1 is 0.808 bits per heavy atom. The van der Waals surface area contributed by atoms with Gasteiger partial charge in [-0.1, -0.05) is 47.5 Å². The predicted octanol–water partition coefficient (Wildman–Crippen LogP) is 6.34. The highest BCUT2D eigenvalue weighted by molar-refractivity contribution is 6.33. The van der Waals surface area contributed by atoms with E-state index >= 15 is 0 Å². The lowest BCUT2D eigenvalue weighted by Crippen LogP contribution is -2.06. The van der Waals surface area contributed by atoms with Gasteiger partial charge in [0.1, 0.15) is 17.5 Å². The van der Waals surface area contributed by atoms with Crippen LogP contribution in [0.1, 0.15) is 5.56 Å². The number of hydrogen-bond acceptors (Lipinski definition) is 1. The zero-order valence-electron chi connectivity index (χ0n) is 13.4. The van der Waals surface area contributed by atoms with Crippen LogP contribution < -0.4 is 0 Å². The van der Waals surface area contributed by atoms with Crippen LogP contribution in [0.25, 0.3) is 22.4 Å². The van der Waals surface area contributed by atoms with Gasteiger partial charge in [-0.25, -0.2) is 13.8 Å². The van der Waals surface area contributed by atoms with E-state index in [1.807, 2.05) is 24.3 Å². The molecule has 1 heterocycles. The number of hydrogen-bond donors (Lipinski definition) is 0. The van der Waals surface area contributed by atoms with Gasteiger partial charge in [0.05, 0.1) is 28.2 Å². The lowest BCUT2D eigenvalue weighted by Gasteiger charge is -2.13. The third-order valence-electron chi connectivity index (χ3n) is 4.22. The van der Waals surface area contributed by atoms with Crippen molar-refractivity contribution in [2.24, 2.45) is 0 Å². The first-order chi connectivity index (χ1) is 12.6. The van der Waals surface area contributed by atoms with E-state index in [4.69, 9.17) is 23.2 Å². The molecule has 0 N–H and O–H groups in total.